The van der Waals surface area contributed by atoms with Gasteiger partial charge in [0.25, 0.3) is 11.4 Å². The third-order valence-corrected chi connectivity index (χ3v) is 5.34. The summed E-state index contributed by atoms with van der Waals surface area (Å²) in [6.07, 6.45) is 4.85. The van der Waals surface area contributed by atoms with Crippen LogP contribution in [0.2, 0.25) is 0 Å². The van der Waals surface area contributed by atoms with E-state index in [2.05, 4.69) is 5.32 Å². The summed E-state index contributed by atoms with van der Waals surface area (Å²) in [5.41, 5.74) is 3.42. The molecular formula is C19H17N3O4. The first-order valence-corrected chi connectivity index (χ1v) is 8.43. The Kier molecular flexibility index (Phi) is 3.72. The number of benzene rings is 2. The molecule has 0 spiro atoms. The molecular weight excluding hydrogens is 334 g/mol. The minimum absolute atomic E-state index is 0.0494. The lowest BCUT2D eigenvalue weighted by atomic mass is 9.75. The molecule has 1 aliphatic heterocycles. The first-order valence-electron chi connectivity index (χ1n) is 8.43. The number of nitrogens with one attached hydrogen (secondary N) is 1. The topological polar surface area (TPSA) is 98.3 Å². The van der Waals surface area contributed by atoms with E-state index in [9.17, 15) is 20.2 Å². The smallest absolute Gasteiger partial charge is 0.275 e. The zero-order chi connectivity index (χ0) is 18.4. The molecule has 3 atom stereocenters. The quantitative estimate of drug-likeness (QED) is 0.493. The Bertz CT molecular complexity index is 954. The van der Waals surface area contributed by atoms with E-state index in [1.165, 1.54) is 6.07 Å². The number of hydrogen-bond donors (Lipinski definition) is 1. The fraction of sp³-hybridized carbons (Fsp3) is 0.263. The summed E-state index contributed by atoms with van der Waals surface area (Å²) in [5, 5.41) is 26.1. The van der Waals surface area contributed by atoms with E-state index in [-0.39, 0.29) is 34.2 Å². The van der Waals surface area contributed by atoms with Crippen LogP contribution >= 0.6 is 0 Å². The molecule has 0 radical (unpaired) electrons. The summed E-state index contributed by atoms with van der Waals surface area (Å²) in [4.78, 5) is 21.9. The molecule has 0 bridgehead atoms. The van der Waals surface area contributed by atoms with Crippen LogP contribution in [0.3, 0.4) is 0 Å². The number of allylic oxidation sites excluding steroid dienone is 2. The maximum atomic E-state index is 11.5. The number of anilines is 1. The average Bonchev–Trinajstić information content (AvgIpc) is 3.11. The molecule has 1 N–H and O–H groups in total. The number of hydrogen-bond acceptors (Lipinski definition) is 5. The summed E-state index contributed by atoms with van der Waals surface area (Å²) in [5.74, 6) is 0.0146. The Morgan fingerprint density at radius 2 is 1.92 bits per heavy atom. The van der Waals surface area contributed by atoms with Gasteiger partial charge in [-0.15, -0.1) is 0 Å². The van der Waals surface area contributed by atoms with Crippen molar-refractivity contribution in [3.8, 4) is 0 Å². The molecule has 2 aromatic carbocycles. The molecule has 132 valence electrons. The monoisotopic (exact) mass is 351 g/mol. The Morgan fingerprint density at radius 1 is 1.12 bits per heavy atom. The maximum Gasteiger partial charge on any atom is 0.275 e. The van der Waals surface area contributed by atoms with E-state index in [1.807, 2.05) is 25.1 Å². The van der Waals surface area contributed by atoms with Crippen LogP contribution < -0.4 is 5.32 Å². The normalized spacial score (nSPS) is 23.0. The van der Waals surface area contributed by atoms with Gasteiger partial charge in [-0.05, 0) is 30.4 Å². The highest BCUT2D eigenvalue weighted by atomic mass is 16.6. The van der Waals surface area contributed by atoms with Crippen molar-refractivity contribution in [2.75, 3.05) is 5.32 Å². The van der Waals surface area contributed by atoms with Gasteiger partial charge in [0.2, 0.25) is 0 Å². The molecule has 0 saturated heterocycles. The van der Waals surface area contributed by atoms with Crippen molar-refractivity contribution >= 4 is 17.1 Å². The van der Waals surface area contributed by atoms with Crippen molar-refractivity contribution in [2.45, 2.75) is 25.3 Å². The molecule has 2 aromatic rings. The third-order valence-electron chi connectivity index (χ3n) is 5.34. The van der Waals surface area contributed by atoms with Gasteiger partial charge in [-0.1, -0.05) is 30.4 Å². The van der Waals surface area contributed by atoms with Gasteiger partial charge in [-0.3, -0.25) is 20.2 Å². The second kappa shape index (κ2) is 5.94. The molecule has 3 unspecified atom stereocenters. The van der Waals surface area contributed by atoms with Crippen LogP contribution in [0, 0.1) is 33.1 Å². The van der Waals surface area contributed by atoms with E-state index < -0.39 is 4.92 Å². The molecule has 7 heteroatoms. The lowest BCUT2D eigenvalue weighted by Gasteiger charge is -2.37. The molecule has 4 rings (SSSR count). The van der Waals surface area contributed by atoms with Crippen LogP contribution in [0.15, 0.2) is 48.6 Å². The van der Waals surface area contributed by atoms with Crippen LogP contribution in [0.1, 0.15) is 35.1 Å². The first kappa shape index (κ1) is 16.3. The number of nitro groups is 2. The zero-order valence-electron chi connectivity index (χ0n) is 14.1. The van der Waals surface area contributed by atoms with E-state index in [1.54, 1.807) is 24.3 Å². The second-order valence-electron chi connectivity index (χ2n) is 6.77. The minimum Gasteiger partial charge on any atom is -0.377 e. The van der Waals surface area contributed by atoms with Gasteiger partial charge in [0.1, 0.15) is 0 Å². The predicted octanol–water partition coefficient (Wildman–Crippen LogP) is 4.64. The van der Waals surface area contributed by atoms with Gasteiger partial charge in [0.15, 0.2) is 0 Å². The fourth-order valence-corrected chi connectivity index (χ4v) is 4.16. The van der Waals surface area contributed by atoms with Gasteiger partial charge in [0, 0.05) is 29.8 Å². The van der Waals surface area contributed by atoms with Crippen molar-refractivity contribution in [1.29, 1.82) is 0 Å². The lowest BCUT2D eigenvalue weighted by molar-refractivity contribution is -0.385. The third kappa shape index (κ3) is 2.44. The first-order chi connectivity index (χ1) is 12.5. The van der Waals surface area contributed by atoms with Crippen LogP contribution in [0.4, 0.5) is 17.1 Å². The molecule has 0 amide bonds. The number of fused-ring (bicyclic) bond motifs is 3. The summed E-state index contributed by atoms with van der Waals surface area (Å²) in [7, 11) is 0. The highest BCUT2D eigenvalue weighted by Gasteiger charge is 2.42. The van der Waals surface area contributed by atoms with Crippen LogP contribution in [0.25, 0.3) is 0 Å². The minimum atomic E-state index is -0.402. The highest BCUT2D eigenvalue weighted by Crippen LogP contribution is 2.53. The molecule has 26 heavy (non-hydrogen) atoms. The summed E-state index contributed by atoms with van der Waals surface area (Å²) in [6, 6.07) is 9.79. The molecule has 0 fully saturated rings. The Hall–Kier alpha value is -3.22. The van der Waals surface area contributed by atoms with Crippen molar-refractivity contribution in [2.24, 2.45) is 5.92 Å². The summed E-state index contributed by atoms with van der Waals surface area (Å²) in [6.45, 7) is 1.92. The molecule has 7 nitrogen and oxygen atoms in total. The largest absolute Gasteiger partial charge is 0.377 e. The molecule has 0 saturated carbocycles. The van der Waals surface area contributed by atoms with Crippen LogP contribution in [-0.2, 0) is 0 Å². The second-order valence-corrected chi connectivity index (χ2v) is 6.77. The van der Waals surface area contributed by atoms with Gasteiger partial charge in [0.05, 0.1) is 21.5 Å². The number of nitro benzene ring substituents is 2. The number of nitrogens with zero attached hydrogens (tertiary/aromatic N) is 2. The standard InChI is InChI=1S/C19H17N3O4/c1-11-8-9-16(22(25)26)17-14-6-3-7-15(14)19(20-18(11)17)12-4-2-5-13(10-12)21(23)24/h2-6,8-10,14-15,19-20H,7H2,1H3. The van der Waals surface area contributed by atoms with E-state index in [0.717, 1.165) is 28.8 Å². The van der Waals surface area contributed by atoms with Crippen molar-refractivity contribution in [1.82, 2.24) is 0 Å². The van der Waals surface area contributed by atoms with E-state index in [4.69, 9.17) is 0 Å². The fourth-order valence-electron chi connectivity index (χ4n) is 4.16. The molecule has 1 aliphatic carbocycles. The highest BCUT2D eigenvalue weighted by molar-refractivity contribution is 5.70. The lowest BCUT2D eigenvalue weighted by Crippen LogP contribution is -2.30. The predicted molar refractivity (Wildman–Crippen MR) is 97.3 cm³/mol. The number of rotatable bonds is 3. The summed E-state index contributed by atoms with van der Waals surface area (Å²) < 4.78 is 0. The molecule has 2 aliphatic rings. The SMILES string of the molecule is Cc1ccc([N+](=O)[O-])c2c1NC(c1cccc([N+](=O)[O-])c1)C1CC=CC21. The number of aryl methyl sites for hydroxylation is 1. The summed E-state index contributed by atoms with van der Waals surface area (Å²) >= 11 is 0. The molecule has 1 heterocycles. The number of non-ortho nitro benzene ring substituents is 1. The van der Waals surface area contributed by atoms with Crippen molar-refractivity contribution in [3.63, 3.8) is 0 Å². The van der Waals surface area contributed by atoms with E-state index in [0.29, 0.717) is 0 Å². The van der Waals surface area contributed by atoms with Gasteiger partial charge >= 0.3 is 0 Å². The average molecular weight is 351 g/mol. The maximum absolute atomic E-state index is 11.5. The van der Waals surface area contributed by atoms with Gasteiger partial charge in [-0.25, -0.2) is 0 Å². The Morgan fingerprint density at radius 3 is 2.65 bits per heavy atom. The van der Waals surface area contributed by atoms with Gasteiger partial charge < -0.3 is 5.32 Å². The van der Waals surface area contributed by atoms with E-state index >= 15 is 0 Å². The van der Waals surface area contributed by atoms with Crippen molar-refractivity contribution in [3.05, 3.63) is 85.5 Å². The Labute approximate surface area is 149 Å². The Balaban J connectivity index is 1.85. The van der Waals surface area contributed by atoms with Crippen LogP contribution in [0.5, 0.6) is 0 Å². The van der Waals surface area contributed by atoms with Crippen molar-refractivity contribution < 1.29 is 9.85 Å². The van der Waals surface area contributed by atoms with Gasteiger partial charge in [-0.2, -0.15) is 0 Å². The zero-order valence-corrected chi connectivity index (χ0v) is 14.1. The molecule has 0 aromatic heterocycles. The van der Waals surface area contributed by atoms with Crippen LogP contribution in [-0.4, -0.2) is 9.85 Å².